The standard InChI is InChI=1S/C9H8ClF6N3/c10-5-4-6(17-3-1-2-8(11,12)13)19-7(18-5)9(14,15)16/h4H,1-3H2,(H,17,18,19). The Morgan fingerprint density at radius 2 is 1.74 bits per heavy atom. The zero-order chi connectivity index (χ0) is 14.7. The molecule has 0 aliphatic heterocycles. The van der Waals surface area contributed by atoms with Crippen LogP contribution in [-0.2, 0) is 6.18 Å². The van der Waals surface area contributed by atoms with E-state index < -0.39 is 29.8 Å². The summed E-state index contributed by atoms with van der Waals surface area (Å²) in [5.74, 6) is -1.71. The fourth-order valence-corrected chi connectivity index (χ4v) is 1.32. The summed E-state index contributed by atoms with van der Waals surface area (Å²) in [7, 11) is 0. The molecule has 0 fully saturated rings. The Hall–Kier alpha value is -1.25. The van der Waals surface area contributed by atoms with E-state index in [4.69, 9.17) is 11.6 Å². The van der Waals surface area contributed by atoms with Crippen LogP contribution in [0.15, 0.2) is 6.07 Å². The average Bonchev–Trinajstić information content (AvgIpc) is 2.21. The predicted molar refractivity (Wildman–Crippen MR) is 55.8 cm³/mol. The Bertz CT molecular complexity index is 431. The summed E-state index contributed by atoms with van der Waals surface area (Å²) < 4.78 is 72.5. The largest absolute Gasteiger partial charge is 0.451 e. The quantitative estimate of drug-likeness (QED) is 0.521. The second-order valence-electron chi connectivity index (χ2n) is 3.54. The molecule has 3 nitrogen and oxygen atoms in total. The Morgan fingerprint density at radius 1 is 1.11 bits per heavy atom. The number of rotatable bonds is 4. The minimum Gasteiger partial charge on any atom is -0.370 e. The zero-order valence-corrected chi connectivity index (χ0v) is 9.99. The number of nitrogens with zero attached hydrogens (tertiary/aromatic N) is 2. The van der Waals surface area contributed by atoms with E-state index in [1.54, 1.807) is 0 Å². The van der Waals surface area contributed by atoms with E-state index in [2.05, 4.69) is 15.3 Å². The predicted octanol–water partition coefficient (Wildman–Crippen LogP) is 3.90. The van der Waals surface area contributed by atoms with Crippen LogP contribution in [0, 0.1) is 0 Å². The minimum absolute atomic E-state index is 0.176. The van der Waals surface area contributed by atoms with Gasteiger partial charge in [0, 0.05) is 19.0 Å². The van der Waals surface area contributed by atoms with Gasteiger partial charge in [0.1, 0.15) is 11.0 Å². The van der Waals surface area contributed by atoms with Crippen LogP contribution >= 0.6 is 11.6 Å². The number of alkyl halides is 6. The molecule has 0 saturated carbocycles. The first kappa shape index (κ1) is 15.8. The molecule has 0 aliphatic rings. The van der Waals surface area contributed by atoms with E-state index >= 15 is 0 Å². The van der Waals surface area contributed by atoms with E-state index in [0.717, 1.165) is 6.07 Å². The van der Waals surface area contributed by atoms with Gasteiger partial charge in [-0.2, -0.15) is 26.3 Å². The van der Waals surface area contributed by atoms with Gasteiger partial charge in [0.2, 0.25) is 5.82 Å². The Morgan fingerprint density at radius 3 is 2.26 bits per heavy atom. The molecular weight excluding hydrogens is 300 g/mol. The maximum Gasteiger partial charge on any atom is 0.451 e. The molecule has 19 heavy (non-hydrogen) atoms. The van der Waals surface area contributed by atoms with Crippen LogP contribution in [0.3, 0.4) is 0 Å². The Kier molecular flexibility index (Phi) is 4.83. The van der Waals surface area contributed by atoms with Crippen molar-refractivity contribution >= 4 is 17.4 Å². The molecule has 0 saturated heterocycles. The Labute approximate surface area is 109 Å². The molecule has 0 aromatic carbocycles. The highest BCUT2D eigenvalue weighted by Gasteiger charge is 2.35. The molecule has 0 unspecified atom stereocenters. The summed E-state index contributed by atoms with van der Waals surface area (Å²) in [5.41, 5.74) is 0. The van der Waals surface area contributed by atoms with Gasteiger partial charge in [-0.25, -0.2) is 9.97 Å². The third kappa shape index (κ3) is 5.95. The van der Waals surface area contributed by atoms with Crippen molar-refractivity contribution < 1.29 is 26.3 Å². The summed E-state index contributed by atoms with van der Waals surface area (Å²) >= 11 is 5.37. The van der Waals surface area contributed by atoms with Gasteiger partial charge < -0.3 is 5.32 Å². The van der Waals surface area contributed by atoms with E-state index in [-0.39, 0.29) is 18.8 Å². The second-order valence-corrected chi connectivity index (χ2v) is 3.93. The molecule has 1 rings (SSSR count). The summed E-state index contributed by atoms with van der Waals surface area (Å²) in [6, 6.07) is 1.00. The van der Waals surface area contributed by atoms with Crippen molar-refractivity contribution in [3.05, 3.63) is 17.0 Å². The first-order valence-electron chi connectivity index (χ1n) is 5.00. The summed E-state index contributed by atoms with van der Waals surface area (Å²) in [6.45, 7) is -0.176. The van der Waals surface area contributed by atoms with Crippen LogP contribution in [0.2, 0.25) is 5.15 Å². The van der Waals surface area contributed by atoms with Gasteiger partial charge in [-0.3, -0.25) is 0 Å². The van der Waals surface area contributed by atoms with Crippen LogP contribution in [0.25, 0.3) is 0 Å². The molecule has 1 heterocycles. The molecule has 0 atom stereocenters. The van der Waals surface area contributed by atoms with Gasteiger partial charge in [-0.05, 0) is 6.42 Å². The molecule has 0 spiro atoms. The first-order valence-corrected chi connectivity index (χ1v) is 5.38. The lowest BCUT2D eigenvalue weighted by Gasteiger charge is -2.10. The van der Waals surface area contributed by atoms with Gasteiger partial charge in [-0.1, -0.05) is 11.6 Å². The van der Waals surface area contributed by atoms with Gasteiger partial charge in [-0.15, -0.1) is 0 Å². The number of hydrogen-bond donors (Lipinski definition) is 1. The molecule has 1 N–H and O–H groups in total. The maximum absolute atomic E-state index is 12.3. The summed E-state index contributed by atoms with van der Waals surface area (Å²) in [5, 5.41) is 1.89. The highest BCUT2D eigenvalue weighted by molar-refractivity contribution is 6.29. The molecule has 0 amide bonds. The number of aromatic nitrogens is 2. The highest BCUT2D eigenvalue weighted by atomic mass is 35.5. The number of halogens is 7. The minimum atomic E-state index is -4.77. The number of nitrogens with one attached hydrogen (secondary N) is 1. The van der Waals surface area contributed by atoms with Gasteiger partial charge in [0.05, 0.1) is 0 Å². The molecule has 1 aromatic heterocycles. The number of anilines is 1. The van der Waals surface area contributed by atoms with E-state index in [9.17, 15) is 26.3 Å². The molecule has 0 radical (unpaired) electrons. The molecule has 0 bridgehead atoms. The number of hydrogen-bond acceptors (Lipinski definition) is 3. The smallest absolute Gasteiger partial charge is 0.370 e. The van der Waals surface area contributed by atoms with Gasteiger partial charge in [0.25, 0.3) is 0 Å². The van der Waals surface area contributed by atoms with Gasteiger partial charge >= 0.3 is 12.4 Å². The van der Waals surface area contributed by atoms with Gasteiger partial charge in [0.15, 0.2) is 0 Å². The second kappa shape index (κ2) is 5.81. The average molecular weight is 308 g/mol. The molecule has 10 heteroatoms. The summed E-state index contributed by atoms with van der Waals surface area (Å²) in [6.07, 6.45) is -10.4. The third-order valence-electron chi connectivity index (χ3n) is 1.89. The van der Waals surface area contributed by atoms with E-state index in [1.807, 2.05) is 0 Å². The normalized spacial score (nSPS) is 12.6. The fraction of sp³-hybridized carbons (Fsp3) is 0.556. The van der Waals surface area contributed by atoms with Crippen molar-refractivity contribution in [1.29, 1.82) is 0 Å². The lowest BCUT2D eigenvalue weighted by Crippen LogP contribution is -2.15. The van der Waals surface area contributed by atoms with Crippen molar-refractivity contribution in [3.8, 4) is 0 Å². The van der Waals surface area contributed by atoms with E-state index in [0.29, 0.717) is 0 Å². The molecule has 0 aliphatic carbocycles. The highest BCUT2D eigenvalue weighted by Crippen LogP contribution is 2.28. The van der Waals surface area contributed by atoms with Crippen LogP contribution < -0.4 is 5.32 Å². The van der Waals surface area contributed by atoms with Crippen molar-refractivity contribution in [2.45, 2.75) is 25.2 Å². The maximum atomic E-state index is 12.3. The molecule has 1 aromatic rings. The molecule has 108 valence electrons. The van der Waals surface area contributed by atoms with Crippen molar-refractivity contribution in [1.82, 2.24) is 9.97 Å². The monoisotopic (exact) mass is 307 g/mol. The molecular formula is C9H8ClF6N3. The van der Waals surface area contributed by atoms with E-state index in [1.165, 1.54) is 0 Å². The van der Waals surface area contributed by atoms with Crippen LogP contribution in [0.1, 0.15) is 18.7 Å². The van der Waals surface area contributed by atoms with Crippen LogP contribution in [0.4, 0.5) is 32.2 Å². The zero-order valence-electron chi connectivity index (χ0n) is 9.24. The SMILES string of the molecule is FC(F)(F)CCCNc1cc(Cl)nc(C(F)(F)F)n1. The van der Waals surface area contributed by atoms with Crippen molar-refractivity contribution in [2.75, 3.05) is 11.9 Å². The van der Waals surface area contributed by atoms with Crippen molar-refractivity contribution in [3.63, 3.8) is 0 Å². The lowest BCUT2D eigenvalue weighted by atomic mass is 10.3. The van der Waals surface area contributed by atoms with Crippen LogP contribution in [-0.4, -0.2) is 22.7 Å². The fourth-order valence-electron chi connectivity index (χ4n) is 1.14. The summed E-state index contributed by atoms with van der Waals surface area (Å²) in [4.78, 5) is 6.11. The Balaban J connectivity index is 2.62. The third-order valence-corrected chi connectivity index (χ3v) is 2.09. The lowest BCUT2D eigenvalue weighted by molar-refractivity contribution is -0.144. The van der Waals surface area contributed by atoms with Crippen LogP contribution in [0.5, 0.6) is 0 Å². The topological polar surface area (TPSA) is 37.8 Å². The first-order chi connectivity index (χ1) is 8.58. The van der Waals surface area contributed by atoms with Crippen molar-refractivity contribution in [2.24, 2.45) is 0 Å².